The van der Waals surface area contributed by atoms with E-state index in [-0.39, 0.29) is 17.2 Å². The zero-order valence-corrected chi connectivity index (χ0v) is 18.8. The molecule has 0 aliphatic heterocycles. The first-order valence-electron chi connectivity index (χ1n) is 10.1. The summed E-state index contributed by atoms with van der Waals surface area (Å²) in [6.45, 7) is 14.2. The Kier molecular flexibility index (Phi) is 7.48. The molecule has 30 heavy (non-hydrogen) atoms. The summed E-state index contributed by atoms with van der Waals surface area (Å²) in [4.78, 5) is 24.8. The van der Waals surface area contributed by atoms with Gasteiger partial charge in [-0.05, 0) is 70.9 Å². The molecule has 0 fully saturated rings. The van der Waals surface area contributed by atoms with Crippen molar-refractivity contribution in [2.75, 3.05) is 6.61 Å². The molecule has 2 rings (SSSR count). The summed E-state index contributed by atoms with van der Waals surface area (Å²) in [7, 11) is 0. The van der Waals surface area contributed by atoms with Crippen LogP contribution in [0.2, 0.25) is 0 Å². The zero-order chi connectivity index (χ0) is 22.5. The van der Waals surface area contributed by atoms with Gasteiger partial charge in [0.2, 0.25) is 0 Å². The van der Waals surface area contributed by atoms with Gasteiger partial charge in [-0.25, -0.2) is 0 Å². The maximum Gasteiger partial charge on any atom is 0.290 e. The lowest BCUT2D eigenvalue weighted by molar-refractivity contribution is -0.128. The second-order valence-corrected chi connectivity index (χ2v) is 8.30. The normalized spacial score (nSPS) is 12.4. The minimum atomic E-state index is -0.804. The molecule has 1 aromatic carbocycles. The molecule has 164 valence electrons. The van der Waals surface area contributed by atoms with Crippen molar-refractivity contribution in [3.05, 3.63) is 41.7 Å². The lowest BCUT2D eigenvalue weighted by Gasteiger charge is -2.23. The SMILES string of the molecule is CCOc1ccc(O[C@@H](C)C(=O)NNC(=O)c2cc(C(C)C)n(C(C)(C)C)n2)cc1. The Morgan fingerprint density at radius 1 is 1.07 bits per heavy atom. The van der Waals surface area contributed by atoms with Crippen LogP contribution in [0.25, 0.3) is 0 Å². The number of rotatable bonds is 7. The molecule has 0 bridgehead atoms. The first-order valence-corrected chi connectivity index (χ1v) is 10.1. The number of ether oxygens (including phenoxy) is 2. The largest absolute Gasteiger partial charge is 0.494 e. The number of benzene rings is 1. The molecule has 2 amide bonds. The Morgan fingerprint density at radius 2 is 1.67 bits per heavy atom. The summed E-state index contributed by atoms with van der Waals surface area (Å²) in [6.07, 6.45) is -0.804. The zero-order valence-electron chi connectivity index (χ0n) is 18.8. The topological polar surface area (TPSA) is 94.5 Å². The predicted octanol–water partition coefficient (Wildman–Crippen LogP) is 3.39. The smallest absolute Gasteiger partial charge is 0.290 e. The van der Waals surface area contributed by atoms with Crippen LogP contribution >= 0.6 is 0 Å². The summed E-state index contributed by atoms with van der Waals surface area (Å²) in [5.74, 6) is 0.496. The van der Waals surface area contributed by atoms with Gasteiger partial charge in [-0.2, -0.15) is 5.10 Å². The highest BCUT2D eigenvalue weighted by atomic mass is 16.5. The second kappa shape index (κ2) is 9.65. The van der Waals surface area contributed by atoms with Gasteiger partial charge >= 0.3 is 0 Å². The molecule has 0 saturated carbocycles. The maximum absolute atomic E-state index is 12.5. The molecule has 8 nitrogen and oxygen atoms in total. The van der Waals surface area contributed by atoms with Crippen molar-refractivity contribution in [1.29, 1.82) is 0 Å². The third-order valence-corrected chi connectivity index (χ3v) is 4.31. The minimum absolute atomic E-state index is 0.204. The fourth-order valence-electron chi connectivity index (χ4n) is 2.78. The van der Waals surface area contributed by atoms with Crippen molar-refractivity contribution in [3.8, 4) is 11.5 Å². The number of carbonyl (C=O) groups is 2. The van der Waals surface area contributed by atoms with Crippen LogP contribution in [0.3, 0.4) is 0 Å². The van der Waals surface area contributed by atoms with E-state index >= 15 is 0 Å². The van der Waals surface area contributed by atoms with E-state index in [0.717, 1.165) is 11.4 Å². The van der Waals surface area contributed by atoms with Crippen LogP contribution in [-0.2, 0) is 10.3 Å². The van der Waals surface area contributed by atoms with Gasteiger partial charge in [-0.1, -0.05) is 13.8 Å². The van der Waals surface area contributed by atoms with E-state index in [1.165, 1.54) is 0 Å². The number of amides is 2. The summed E-state index contributed by atoms with van der Waals surface area (Å²) in [6, 6.07) is 8.73. The van der Waals surface area contributed by atoms with Crippen molar-refractivity contribution in [2.45, 2.75) is 66.0 Å². The number of nitrogens with one attached hydrogen (secondary N) is 2. The van der Waals surface area contributed by atoms with Crippen LogP contribution in [-0.4, -0.2) is 34.3 Å². The quantitative estimate of drug-likeness (QED) is 0.675. The third kappa shape index (κ3) is 5.98. The number of aromatic nitrogens is 2. The van der Waals surface area contributed by atoms with Crippen molar-refractivity contribution >= 4 is 11.8 Å². The van der Waals surface area contributed by atoms with Crippen molar-refractivity contribution < 1.29 is 19.1 Å². The van der Waals surface area contributed by atoms with Crippen LogP contribution in [0.4, 0.5) is 0 Å². The highest BCUT2D eigenvalue weighted by molar-refractivity contribution is 5.94. The molecule has 0 spiro atoms. The number of hydrogen-bond donors (Lipinski definition) is 2. The monoisotopic (exact) mass is 416 g/mol. The molecule has 0 unspecified atom stereocenters. The van der Waals surface area contributed by atoms with Crippen LogP contribution in [0.5, 0.6) is 11.5 Å². The van der Waals surface area contributed by atoms with E-state index in [1.807, 2.05) is 46.2 Å². The van der Waals surface area contributed by atoms with Gasteiger partial charge in [-0.3, -0.25) is 25.1 Å². The Bertz CT molecular complexity index is 866. The highest BCUT2D eigenvalue weighted by Gasteiger charge is 2.24. The van der Waals surface area contributed by atoms with Gasteiger partial charge in [0.1, 0.15) is 11.5 Å². The van der Waals surface area contributed by atoms with Crippen molar-refractivity contribution in [3.63, 3.8) is 0 Å². The summed E-state index contributed by atoms with van der Waals surface area (Å²) in [5, 5.41) is 4.43. The number of carbonyl (C=O) groups excluding carboxylic acids is 2. The summed E-state index contributed by atoms with van der Waals surface area (Å²) in [5.41, 5.74) is 5.73. The minimum Gasteiger partial charge on any atom is -0.494 e. The fourth-order valence-corrected chi connectivity index (χ4v) is 2.78. The Morgan fingerprint density at radius 3 is 2.17 bits per heavy atom. The molecular weight excluding hydrogens is 384 g/mol. The molecule has 0 saturated heterocycles. The first-order chi connectivity index (χ1) is 14.0. The lowest BCUT2D eigenvalue weighted by atomic mass is 10.1. The number of hydrogen-bond acceptors (Lipinski definition) is 5. The molecule has 1 atom stereocenters. The lowest BCUT2D eigenvalue weighted by Crippen LogP contribution is -2.47. The highest BCUT2D eigenvalue weighted by Crippen LogP contribution is 2.23. The average molecular weight is 417 g/mol. The van der Waals surface area contributed by atoms with Gasteiger partial charge in [0, 0.05) is 5.69 Å². The molecule has 1 aromatic heterocycles. The molecule has 0 radical (unpaired) electrons. The molecule has 2 N–H and O–H groups in total. The van der Waals surface area contributed by atoms with Crippen LogP contribution in [0.1, 0.15) is 70.6 Å². The van der Waals surface area contributed by atoms with Gasteiger partial charge < -0.3 is 9.47 Å². The second-order valence-electron chi connectivity index (χ2n) is 8.30. The van der Waals surface area contributed by atoms with Gasteiger partial charge in [0.05, 0.1) is 12.1 Å². The molecule has 8 heteroatoms. The van der Waals surface area contributed by atoms with Gasteiger partial charge in [0.25, 0.3) is 11.8 Å². The van der Waals surface area contributed by atoms with Crippen LogP contribution in [0, 0.1) is 0 Å². The third-order valence-electron chi connectivity index (χ3n) is 4.31. The Labute approximate surface area is 177 Å². The molecular formula is C22H32N4O4. The van der Waals surface area contributed by atoms with Gasteiger partial charge in [0.15, 0.2) is 11.8 Å². The van der Waals surface area contributed by atoms with Crippen molar-refractivity contribution in [1.82, 2.24) is 20.6 Å². The van der Waals surface area contributed by atoms with Crippen molar-refractivity contribution in [2.24, 2.45) is 0 Å². The van der Waals surface area contributed by atoms with E-state index < -0.39 is 17.9 Å². The van der Waals surface area contributed by atoms with E-state index in [0.29, 0.717) is 12.4 Å². The average Bonchev–Trinajstić information content (AvgIpc) is 3.14. The fraction of sp³-hybridized carbons (Fsp3) is 0.500. The number of hydrazine groups is 1. The molecule has 0 aliphatic rings. The van der Waals surface area contributed by atoms with E-state index in [1.54, 1.807) is 37.3 Å². The Balaban J connectivity index is 1.96. The van der Waals surface area contributed by atoms with E-state index in [2.05, 4.69) is 16.0 Å². The molecule has 1 heterocycles. The summed E-state index contributed by atoms with van der Waals surface area (Å²) < 4.78 is 12.8. The van der Waals surface area contributed by atoms with Crippen LogP contribution in [0.15, 0.2) is 30.3 Å². The van der Waals surface area contributed by atoms with Crippen LogP contribution < -0.4 is 20.3 Å². The molecule has 2 aromatic rings. The Hall–Kier alpha value is -3.03. The van der Waals surface area contributed by atoms with E-state index in [4.69, 9.17) is 9.47 Å². The standard InChI is InChI=1S/C22H32N4O4/c1-8-29-16-9-11-17(12-10-16)30-15(4)20(27)23-24-21(28)18-13-19(14(2)3)26(25-18)22(5,6)7/h9-15H,8H2,1-7H3,(H,23,27)(H,24,28)/t15-/m0/s1. The summed E-state index contributed by atoms with van der Waals surface area (Å²) >= 11 is 0. The number of nitrogens with zero attached hydrogens (tertiary/aromatic N) is 2. The van der Waals surface area contributed by atoms with Gasteiger partial charge in [-0.15, -0.1) is 0 Å². The maximum atomic E-state index is 12.5. The molecule has 0 aliphatic carbocycles. The predicted molar refractivity (Wildman–Crippen MR) is 115 cm³/mol. The van der Waals surface area contributed by atoms with E-state index in [9.17, 15) is 9.59 Å². The first kappa shape index (κ1) is 23.3.